The molecular formula is C14H16N2OS. The summed E-state index contributed by atoms with van der Waals surface area (Å²) in [5.41, 5.74) is 3.27. The summed E-state index contributed by atoms with van der Waals surface area (Å²) in [7, 11) is 0. The highest BCUT2D eigenvalue weighted by molar-refractivity contribution is 7.18. The normalized spacial score (nSPS) is 10.6. The van der Waals surface area contributed by atoms with Gasteiger partial charge in [-0.05, 0) is 31.9 Å². The summed E-state index contributed by atoms with van der Waals surface area (Å²) < 4.78 is 1.09. The van der Waals surface area contributed by atoms with Gasteiger partial charge in [0.05, 0.1) is 15.4 Å². The van der Waals surface area contributed by atoms with Crippen molar-refractivity contribution >= 4 is 33.1 Å². The minimum absolute atomic E-state index is 0.126. The Bertz CT molecular complexity index is 628. The Balaban J connectivity index is 2.46. The third-order valence-electron chi connectivity index (χ3n) is 2.86. The molecule has 1 aromatic heterocycles. The van der Waals surface area contributed by atoms with E-state index >= 15 is 0 Å². The molecule has 4 heteroatoms. The molecule has 0 radical (unpaired) electrons. The topological polar surface area (TPSA) is 42.0 Å². The van der Waals surface area contributed by atoms with Crippen LogP contribution in [0.4, 0.5) is 5.69 Å². The van der Waals surface area contributed by atoms with Crippen molar-refractivity contribution < 1.29 is 4.79 Å². The molecule has 0 spiro atoms. The maximum atomic E-state index is 11.9. The van der Waals surface area contributed by atoms with E-state index in [4.69, 9.17) is 0 Å². The molecule has 1 amide bonds. The van der Waals surface area contributed by atoms with E-state index in [1.165, 1.54) is 0 Å². The SMILES string of the molecule is C=C(CC)C(=O)Nc1c(C)ccc2sc(C)nc12. The molecule has 18 heavy (non-hydrogen) atoms. The molecule has 0 aliphatic heterocycles. The number of hydrogen-bond acceptors (Lipinski definition) is 3. The lowest BCUT2D eigenvalue weighted by Gasteiger charge is -2.09. The summed E-state index contributed by atoms with van der Waals surface area (Å²) in [6, 6.07) is 4.05. The van der Waals surface area contributed by atoms with Gasteiger partial charge < -0.3 is 5.32 Å². The number of aryl methyl sites for hydroxylation is 2. The van der Waals surface area contributed by atoms with Gasteiger partial charge >= 0.3 is 0 Å². The maximum Gasteiger partial charge on any atom is 0.251 e. The van der Waals surface area contributed by atoms with E-state index < -0.39 is 0 Å². The first-order valence-electron chi connectivity index (χ1n) is 5.88. The monoisotopic (exact) mass is 260 g/mol. The fourth-order valence-corrected chi connectivity index (χ4v) is 2.56. The van der Waals surface area contributed by atoms with Gasteiger partial charge in [0, 0.05) is 5.57 Å². The minimum atomic E-state index is -0.126. The number of rotatable bonds is 3. The molecule has 94 valence electrons. The predicted molar refractivity (Wildman–Crippen MR) is 77.2 cm³/mol. The van der Waals surface area contributed by atoms with Crippen molar-refractivity contribution in [1.82, 2.24) is 4.98 Å². The first kappa shape index (κ1) is 12.8. The second-order valence-electron chi connectivity index (χ2n) is 4.25. The maximum absolute atomic E-state index is 11.9. The molecule has 2 aromatic rings. The molecular weight excluding hydrogens is 244 g/mol. The molecule has 1 N–H and O–H groups in total. The van der Waals surface area contributed by atoms with Crippen LogP contribution in [0, 0.1) is 13.8 Å². The number of aromatic nitrogens is 1. The lowest BCUT2D eigenvalue weighted by atomic mass is 10.1. The zero-order valence-corrected chi connectivity index (χ0v) is 11.6. The van der Waals surface area contributed by atoms with Crippen molar-refractivity contribution in [3.63, 3.8) is 0 Å². The van der Waals surface area contributed by atoms with Crippen LogP contribution in [0.25, 0.3) is 10.2 Å². The highest BCUT2D eigenvalue weighted by Gasteiger charge is 2.13. The van der Waals surface area contributed by atoms with Gasteiger partial charge in [-0.3, -0.25) is 4.79 Å². The number of anilines is 1. The molecule has 0 bridgehead atoms. The largest absolute Gasteiger partial charge is 0.320 e. The minimum Gasteiger partial charge on any atom is -0.320 e. The lowest BCUT2D eigenvalue weighted by molar-refractivity contribution is -0.112. The third-order valence-corrected chi connectivity index (χ3v) is 3.80. The van der Waals surface area contributed by atoms with Crippen LogP contribution >= 0.6 is 11.3 Å². The van der Waals surface area contributed by atoms with Gasteiger partial charge in [0.15, 0.2) is 0 Å². The molecule has 0 aliphatic carbocycles. The summed E-state index contributed by atoms with van der Waals surface area (Å²) in [4.78, 5) is 16.4. The van der Waals surface area contributed by atoms with Crippen LogP contribution in [0.15, 0.2) is 24.3 Å². The second kappa shape index (κ2) is 4.90. The van der Waals surface area contributed by atoms with E-state index in [-0.39, 0.29) is 5.91 Å². The van der Waals surface area contributed by atoms with Crippen molar-refractivity contribution in [1.29, 1.82) is 0 Å². The van der Waals surface area contributed by atoms with Gasteiger partial charge in [-0.1, -0.05) is 19.6 Å². The van der Waals surface area contributed by atoms with Crippen LogP contribution in [0.2, 0.25) is 0 Å². The Morgan fingerprint density at radius 3 is 2.83 bits per heavy atom. The number of nitrogens with one attached hydrogen (secondary N) is 1. The van der Waals surface area contributed by atoms with Gasteiger partial charge in [0.2, 0.25) is 0 Å². The molecule has 2 rings (SSSR count). The number of fused-ring (bicyclic) bond motifs is 1. The molecule has 0 saturated heterocycles. The number of carbonyl (C=O) groups excluding carboxylic acids is 1. The number of nitrogens with zero attached hydrogens (tertiary/aromatic N) is 1. The van der Waals surface area contributed by atoms with Crippen molar-refractivity contribution in [3.05, 3.63) is 34.9 Å². The van der Waals surface area contributed by atoms with Crippen LogP contribution in [0.3, 0.4) is 0 Å². The predicted octanol–water partition coefficient (Wildman–Crippen LogP) is 3.82. The number of hydrogen-bond donors (Lipinski definition) is 1. The van der Waals surface area contributed by atoms with Gasteiger partial charge in [0.25, 0.3) is 5.91 Å². The van der Waals surface area contributed by atoms with E-state index in [0.29, 0.717) is 12.0 Å². The second-order valence-corrected chi connectivity index (χ2v) is 5.48. The van der Waals surface area contributed by atoms with Crippen LogP contribution in [0.1, 0.15) is 23.9 Å². The van der Waals surface area contributed by atoms with Crippen LogP contribution in [-0.4, -0.2) is 10.9 Å². The molecule has 1 aromatic carbocycles. The van der Waals surface area contributed by atoms with Crippen LogP contribution < -0.4 is 5.32 Å². The molecule has 0 saturated carbocycles. The molecule has 1 heterocycles. The van der Waals surface area contributed by atoms with E-state index in [1.807, 2.05) is 32.9 Å². The fourth-order valence-electron chi connectivity index (χ4n) is 1.73. The van der Waals surface area contributed by atoms with Gasteiger partial charge in [-0.25, -0.2) is 4.98 Å². The standard InChI is InChI=1S/C14H16N2OS/c1-5-8(2)14(17)16-12-9(3)6-7-11-13(12)15-10(4)18-11/h6-7H,2,5H2,1,3-4H3,(H,16,17). The summed E-state index contributed by atoms with van der Waals surface area (Å²) >= 11 is 1.63. The van der Waals surface area contributed by atoms with Gasteiger partial charge in [-0.15, -0.1) is 11.3 Å². The van der Waals surface area contributed by atoms with Crippen molar-refractivity contribution in [3.8, 4) is 0 Å². The molecule has 0 aliphatic rings. The summed E-state index contributed by atoms with van der Waals surface area (Å²) in [5, 5.41) is 3.92. The van der Waals surface area contributed by atoms with Crippen molar-refractivity contribution in [2.75, 3.05) is 5.32 Å². The summed E-state index contributed by atoms with van der Waals surface area (Å²) in [6.07, 6.45) is 0.650. The zero-order chi connectivity index (χ0) is 13.3. The van der Waals surface area contributed by atoms with Gasteiger partial charge in [0.1, 0.15) is 5.52 Å². The number of amides is 1. The Hall–Kier alpha value is -1.68. The van der Waals surface area contributed by atoms with E-state index in [9.17, 15) is 4.79 Å². The van der Waals surface area contributed by atoms with Crippen LogP contribution in [0.5, 0.6) is 0 Å². The number of thiazole rings is 1. The average Bonchev–Trinajstić information content (AvgIpc) is 2.72. The van der Waals surface area contributed by atoms with E-state index in [2.05, 4.69) is 16.9 Å². The summed E-state index contributed by atoms with van der Waals surface area (Å²) in [6.45, 7) is 9.61. The molecule has 0 unspecified atom stereocenters. The Morgan fingerprint density at radius 2 is 2.17 bits per heavy atom. The zero-order valence-electron chi connectivity index (χ0n) is 10.8. The molecule has 0 fully saturated rings. The first-order chi connectivity index (χ1) is 8.52. The smallest absolute Gasteiger partial charge is 0.251 e. The van der Waals surface area contributed by atoms with E-state index in [1.54, 1.807) is 11.3 Å². The quantitative estimate of drug-likeness (QED) is 0.852. The average molecular weight is 260 g/mol. The Labute approximate surface area is 111 Å². The van der Waals surface area contributed by atoms with Crippen molar-refractivity contribution in [2.24, 2.45) is 0 Å². The van der Waals surface area contributed by atoms with Crippen LogP contribution in [-0.2, 0) is 4.79 Å². The van der Waals surface area contributed by atoms with Crippen molar-refractivity contribution in [2.45, 2.75) is 27.2 Å². The first-order valence-corrected chi connectivity index (χ1v) is 6.70. The molecule has 3 nitrogen and oxygen atoms in total. The Kier molecular flexibility index (Phi) is 3.48. The molecule has 0 atom stereocenters. The highest BCUT2D eigenvalue weighted by atomic mass is 32.1. The Morgan fingerprint density at radius 1 is 1.44 bits per heavy atom. The third kappa shape index (κ3) is 2.29. The lowest BCUT2D eigenvalue weighted by Crippen LogP contribution is -2.14. The van der Waals surface area contributed by atoms with Gasteiger partial charge in [-0.2, -0.15) is 0 Å². The number of benzene rings is 1. The summed E-state index contributed by atoms with van der Waals surface area (Å²) in [5.74, 6) is -0.126. The number of carbonyl (C=O) groups is 1. The van der Waals surface area contributed by atoms with E-state index in [0.717, 1.165) is 26.5 Å². The highest BCUT2D eigenvalue weighted by Crippen LogP contribution is 2.30. The fraction of sp³-hybridized carbons (Fsp3) is 0.286.